The molecule has 0 aliphatic heterocycles. The van der Waals surface area contributed by atoms with Crippen molar-refractivity contribution < 1.29 is 4.79 Å². The summed E-state index contributed by atoms with van der Waals surface area (Å²) in [5, 5.41) is 0. The minimum absolute atomic E-state index is 0. The van der Waals surface area contributed by atoms with Gasteiger partial charge in [0, 0.05) is 0 Å². The molecule has 1 amide bonds. The quantitative estimate of drug-likeness (QED) is 0.795. The first kappa shape index (κ1) is 10.8. The van der Waals surface area contributed by atoms with Crippen LogP contribution in [0, 0.1) is 0 Å². The monoisotopic (exact) mass is 209 g/mol. The molecule has 0 saturated carbocycles. The molecule has 0 bridgehead atoms. The lowest BCUT2D eigenvalue weighted by Crippen LogP contribution is -2.10. The van der Waals surface area contributed by atoms with Crippen molar-refractivity contribution >= 4 is 23.9 Å². The SMILES string of the molecule is Cl.NC(=O)CC1=CCc2ccccc21. The van der Waals surface area contributed by atoms with Gasteiger partial charge in [-0.1, -0.05) is 30.3 Å². The van der Waals surface area contributed by atoms with Crippen LogP contribution >= 0.6 is 12.4 Å². The molecule has 14 heavy (non-hydrogen) atoms. The van der Waals surface area contributed by atoms with E-state index in [1.54, 1.807) is 0 Å². The second-order valence-corrected chi connectivity index (χ2v) is 3.23. The number of primary amides is 1. The van der Waals surface area contributed by atoms with Crippen LogP contribution in [0.25, 0.3) is 5.57 Å². The minimum Gasteiger partial charge on any atom is -0.369 e. The summed E-state index contributed by atoms with van der Waals surface area (Å²) in [6.45, 7) is 0. The molecule has 2 nitrogen and oxygen atoms in total. The van der Waals surface area contributed by atoms with Gasteiger partial charge >= 0.3 is 0 Å². The fraction of sp³-hybridized carbons (Fsp3) is 0.182. The van der Waals surface area contributed by atoms with E-state index in [9.17, 15) is 4.79 Å². The van der Waals surface area contributed by atoms with Crippen LogP contribution in [0.15, 0.2) is 30.3 Å². The van der Waals surface area contributed by atoms with Crippen molar-refractivity contribution in [2.75, 3.05) is 0 Å². The summed E-state index contributed by atoms with van der Waals surface area (Å²) < 4.78 is 0. The fourth-order valence-corrected chi connectivity index (χ4v) is 1.71. The summed E-state index contributed by atoms with van der Waals surface area (Å²) in [5.74, 6) is -0.261. The number of benzene rings is 1. The zero-order valence-electron chi connectivity index (χ0n) is 7.69. The molecule has 0 atom stereocenters. The maximum atomic E-state index is 10.7. The molecule has 0 saturated heterocycles. The molecule has 1 aromatic carbocycles. The van der Waals surface area contributed by atoms with Gasteiger partial charge in [-0.3, -0.25) is 4.79 Å². The van der Waals surface area contributed by atoms with E-state index in [4.69, 9.17) is 5.73 Å². The summed E-state index contributed by atoms with van der Waals surface area (Å²) in [5.41, 5.74) is 8.69. The molecule has 0 aromatic heterocycles. The van der Waals surface area contributed by atoms with E-state index in [0.717, 1.165) is 12.0 Å². The van der Waals surface area contributed by atoms with Gasteiger partial charge in [-0.05, 0) is 23.1 Å². The standard InChI is InChI=1S/C11H11NO.ClH/c12-11(13)7-9-6-5-8-3-1-2-4-10(8)9;/h1-4,6H,5,7H2,(H2,12,13);1H. The van der Waals surface area contributed by atoms with E-state index in [1.165, 1.54) is 11.1 Å². The molecule has 1 aromatic rings. The van der Waals surface area contributed by atoms with Crippen molar-refractivity contribution in [3.63, 3.8) is 0 Å². The molecule has 0 fully saturated rings. The molecule has 2 N–H and O–H groups in total. The van der Waals surface area contributed by atoms with Crippen molar-refractivity contribution in [2.24, 2.45) is 5.73 Å². The molecule has 1 aliphatic carbocycles. The fourth-order valence-electron chi connectivity index (χ4n) is 1.71. The van der Waals surface area contributed by atoms with Crippen molar-refractivity contribution in [1.29, 1.82) is 0 Å². The lowest BCUT2D eigenvalue weighted by Gasteiger charge is -2.02. The molecule has 0 radical (unpaired) electrons. The number of halogens is 1. The summed E-state index contributed by atoms with van der Waals surface area (Å²) in [6, 6.07) is 8.12. The average Bonchev–Trinajstić information content (AvgIpc) is 2.48. The van der Waals surface area contributed by atoms with Gasteiger partial charge < -0.3 is 5.73 Å². The molecule has 0 unspecified atom stereocenters. The largest absolute Gasteiger partial charge is 0.369 e. The van der Waals surface area contributed by atoms with E-state index >= 15 is 0 Å². The van der Waals surface area contributed by atoms with Crippen LogP contribution in [0.5, 0.6) is 0 Å². The van der Waals surface area contributed by atoms with Crippen LogP contribution in [0.4, 0.5) is 0 Å². The Kier molecular flexibility index (Phi) is 3.31. The highest BCUT2D eigenvalue weighted by atomic mass is 35.5. The Morgan fingerprint density at radius 3 is 2.79 bits per heavy atom. The molecule has 0 heterocycles. The average molecular weight is 210 g/mol. The summed E-state index contributed by atoms with van der Waals surface area (Å²) in [6.07, 6.45) is 3.37. The number of rotatable bonds is 2. The summed E-state index contributed by atoms with van der Waals surface area (Å²) >= 11 is 0. The van der Waals surface area contributed by atoms with Crippen LogP contribution in [-0.2, 0) is 11.2 Å². The van der Waals surface area contributed by atoms with Crippen molar-refractivity contribution in [2.45, 2.75) is 12.8 Å². The molecule has 74 valence electrons. The molecule has 1 aliphatic rings. The number of amides is 1. The Bertz CT molecular complexity index is 385. The number of allylic oxidation sites excluding steroid dienone is 1. The van der Waals surface area contributed by atoms with Crippen LogP contribution in [-0.4, -0.2) is 5.91 Å². The van der Waals surface area contributed by atoms with Crippen LogP contribution in [0.2, 0.25) is 0 Å². The number of fused-ring (bicyclic) bond motifs is 1. The number of hydrogen-bond acceptors (Lipinski definition) is 1. The third-order valence-electron chi connectivity index (χ3n) is 2.30. The second kappa shape index (κ2) is 4.29. The van der Waals surface area contributed by atoms with Gasteiger partial charge in [-0.25, -0.2) is 0 Å². The molecule has 3 heteroatoms. The predicted molar refractivity (Wildman–Crippen MR) is 59.2 cm³/mol. The zero-order chi connectivity index (χ0) is 9.26. The number of carbonyl (C=O) groups is 1. The van der Waals surface area contributed by atoms with Crippen LogP contribution < -0.4 is 5.73 Å². The van der Waals surface area contributed by atoms with Crippen LogP contribution in [0.3, 0.4) is 0 Å². The first-order chi connectivity index (χ1) is 6.27. The Balaban J connectivity index is 0.000000980. The van der Waals surface area contributed by atoms with E-state index in [-0.39, 0.29) is 18.3 Å². The lowest BCUT2D eigenvalue weighted by molar-refractivity contribution is -0.117. The number of hydrogen-bond donors (Lipinski definition) is 1. The maximum Gasteiger partial charge on any atom is 0.221 e. The number of carbonyl (C=O) groups excluding carboxylic acids is 1. The smallest absolute Gasteiger partial charge is 0.221 e. The molecule has 0 spiro atoms. The molecular weight excluding hydrogens is 198 g/mol. The highest BCUT2D eigenvalue weighted by molar-refractivity contribution is 5.89. The highest BCUT2D eigenvalue weighted by Gasteiger charge is 2.14. The van der Waals surface area contributed by atoms with Gasteiger partial charge in [0.05, 0.1) is 6.42 Å². The normalized spacial score (nSPS) is 12.7. The van der Waals surface area contributed by atoms with Crippen molar-refractivity contribution in [3.05, 3.63) is 41.5 Å². The Labute approximate surface area is 89.2 Å². The van der Waals surface area contributed by atoms with Gasteiger partial charge in [0.25, 0.3) is 0 Å². The molecular formula is C11H12ClNO. The topological polar surface area (TPSA) is 43.1 Å². The van der Waals surface area contributed by atoms with Gasteiger partial charge in [0.1, 0.15) is 0 Å². The van der Waals surface area contributed by atoms with Gasteiger partial charge in [0.15, 0.2) is 0 Å². The minimum atomic E-state index is -0.261. The molecule has 2 rings (SSSR count). The first-order valence-electron chi connectivity index (χ1n) is 4.33. The van der Waals surface area contributed by atoms with Crippen molar-refractivity contribution in [1.82, 2.24) is 0 Å². The van der Waals surface area contributed by atoms with Gasteiger partial charge in [0.2, 0.25) is 5.91 Å². The Morgan fingerprint density at radius 2 is 2.07 bits per heavy atom. The highest BCUT2D eigenvalue weighted by Crippen LogP contribution is 2.28. The second-order valence-electron chi connectivity index (χ2n) is 3.23. The third-order valence-corrected chi connectivity index (χ3v) is 2.30. The van der Waals surface area contributed by atoms with E-state index in [0.29, 0.717) is 6.42 Å². The van der Waals surface area contributed by atoms with E-state index < -0.39 is 0 Å². The zero-order valence-corrected chi connectivity index (χ0v) is 8.51. The third kappa shape index (κ3) is 1.96. The lowest BCUT2D eigenvalue weighted by atomic mass is 10.0. The van der Waals surface area contributed by atoms with Gasteiger partial charge in [-0.2, -0.15) is 0 Å². The first-order valence-corrected chi connectivity index (χ1v) is 4.33. The Morgan fingerprint density at radius 1 is 1.36 bits per heavy atom. The number of nitrogens with two attached hydrogens (primary N) is 1. The van der Waals surface area contributed by atoms with E-state index in [2.05, 4.69) is 12.1 Å². The predicted octanol–water partition coefficient (Wildman–Crippen LogP) is 1.92. The summed E-state index contributed by atoms with van der Waals surface area (Å²) in [7, 11) is 0. The maximum absolute atomic E-state index is 10.7. The summed E-state index contributed by atoms with van der Waals surface area (Å²) in [4.78, 5) is 10.7. The van der Waals surface area contributed by atoms with Gasteiger partial charge in [-0.15, -0.1) is 12.4 Å². The van der Waals surface area contributed by atoms with Crippen LogP contribution in [0.1, 0.15) is 17.5 Å². The van der Waals surface area contributed by atoms with Crippen molar-refractivity contribution in [3.8, 4) is 0 Å². The van der Waals surface area contributed by atoms with E-state index in [1.807, 2.05) is 18.2 Å². The Hall–Kier alpha value is -1.28.